The second kappa shape index (κ2) is 6.76. The zero-order valence-electron chi connectivity index (χ0n) is 9.10. The molecule has 1 aromatic rings. The van der Waals surface area contributed by atoms with Crippen molar-refractivity contribution >= 4 is 5.91 Å². The van der Waals surface area contributed by atoms with E-state index in [0.717, 1.165) is 0 Å². The van der Waals surface area contributed by atoms with Crippen LogP contribution >= 0.6 is 0 Å². The lowest BCUT2D eigenvalue weighted by Crippen LogP contribution is -2.23. The monoisotopic (exact) mass is 225 g/mol. The van der Waals surface area contributed by atoms with E-state index in [1.165, 1.54) is 0 Å². The van der Waals surface area contributed by atoms with Crippen LogP contribution in [0, 0.1) is 0 Å². The van der Waals surface area contributed by atoms with Crippen LogP contribution in [0.2, 0.25) is 0 Å². The molecule has 0 saturated carbocycles. The summed E-state index contributed by atoms with van der Waals surface area (Å²) in [5.41, 5.74) is 5.50. The van der Waals surface area contributed by atoms with Crippen LogP contribution in [0.25, 0.3) is 0 Å². The minimum absolute atomic E-state index is 0.244. The number of carbonyl (C=O) groups is 1. The molecular formula is C10H15N3O3. The first-order valence-electron chi connectivity index (χ1n) is 4.85. The summed E-state index contributed by atoms with van der Waals surface area (Å²) in [6.45, 7) is 1.17. The van der Waals surface area contributed by atoms with E-state index in [1.54, 1.807) is 25.3 Å². The Bertz CT molecular complexity index is 360. The number of aromatic nitrogens is 1. The number of nitrogens with one attached hydrogen (secondary N) is 1. The fourth-order valence-electron chi connectivity index (χ4n) is 1.05. The topological polar surface area (TPSA) is 90.4 Å². The maximum Gasteiger partial charge on any atom is 0.273 e. The first-order chi connectivity index (χ1) is 7.77. The van der Waals surface area contributed by atoms with Gasteiger partial charge >= 0.3 is 0 Å². The van der Waals surface area contributed by atoms with Crippen molar-refractivity contribution in [3.63, 3.8) is 0 Å². The largest absolute Gasteiger partial charge is 0.377 e. The van der Waals surface area contributed by atoms with Gasteiger partial charge in [-0.2, -0.15) is 0 Å². The highest BCUT2D eigenvalue weighted by atomic mass is 16.5. The molecule has 0 fully saturated rings. The zero-order chi connectivity index (χ0) is 11.8. The SMILES string of the molecule is COCc1cc(C(=O)NC/C=C/CN)no1. The maximum atomic E-state index is 11.5. The summed E-state index contributed by atoms with van der Waals surface area (Å²) in [4.78, 5) is 11.5. The standard InChI is InChI=1S/C10H15N3O3/c1-15-7-8-6-9(13-16-8)10(14)12-5-3-2-4-11/h2-3,6H,4-5,7,11H2,1H3,(H,12,14)/b3-2+. The van der Waals surface area contributed by atoms with Gasteiger partial charge in [-0.1, -0.05) is 17.3 Å². The number of nitrogens with two attached hydrogens (primary N) is 1. The second-order valence-corrected chi connectivity index (χ2v) is 3.03. The summed E-state index contributed by atoms with van der Waals surface area (Å²) in [6.07, 6.45) is 3.54. The van der Waals surface area contributed by atoms with Crippen LogP contribution in [-0.4, -0.2) is 31.3 Å². The number of methoxy groups -OCH3 is 1. The van der Waals surface area contributed by atoms with Gasteiger partial charge in [-0.3, -0.25) is 4.79 Å². The number of carbonyl (C=O) groups excluding carboxylic acids is 1. The van der Waals surface area contributed by atoms with E-state index in [0.29, 0.717) is 25.5 Å². The van der Waals surface area contributed by atoms with Crippen molar-refractivity contribution in [3.05, 3.63) is 29.7 Å². The minimum atomic E-state index is -0.284. The average molecular weight is 225 g/mol. The van der Waals surface area contributed by atoms with Crippen molar-refractivity contribution in [1.29, 1.82) is 0 Å². The van der Waals surface area contributed by atoms with Gasteiger partial charge in [-0.05, 0) is 0 Å². The first kappa shape index (κ1) is 12.4. The summed E-state index contributed by atoms with van der Waals surface area (Å²) < 4.78 is 9.72. The molecule has 0 bridgehead atoms. The Morgan fingerprint density at radius 3 is 3.19 bits per heavy atom. The molecule has 1 amide bonds. The summed E-state index contributed by atoms with van der Waals surface area (Å²) >= 11 is 0. The molecule has 16 heavy (non-hydrogen) atoms. The molecule has 1 aromatic heterocycles. The van der Waals surface area contributed by atoms with E-state index in [-0.39, 0.29) is 11.6 Å². The highest BCUT2D eigenvalue weighted by Gasteiger charge is 2.10. The minimum Gasteiger partial charge on any atom is -0.377 e. The summed E-state index contributed by atoms with van der Waals surface area (Å²) in [5.74, 6) is 0.234. The van der Waals surface area contributed by atoms with Gasteiger partial charge in [0, 0.05) is 26.3 Å². The van der Waals surface area contributed by atoms with E-state index in [9.17, 15) is 4.79 Å². The van der Waals surface area contributed by atoms with Crippen molar-refractivity contribution in [2.24, 2.45) is 5.73 Å². The molecule has 0 radical (unpaired) electrons. The fraction of sp³-hybridized carbons (Fsp3) is 0.400. The Morgan fingerprint density at radius 2 is 2.50 bits per heavy atom. The van der Waals surface area contributed by atoms with Gasteiger partial charge in [0.25, 0.3) is 5.91 Å². The van der Waals surface area contributed by atoms with Crippen molar-refractivity contribution in [1.82, 2.24) is 10.5 Å². The van der Waals surface area contributed by atoms with Gasteiger partial charge in [0.2, 0.25) is 0 Å². The third kappa shape index (κ3) is 3.84. The number of hydrogen-bond donors (Lipinski definition) is 2. The van der Waals surface area contributed by atoms with Crippen LogP contribution in [-0.2, 0) is 11.3 Å². The predicted molar refractivity (Wildman–Crippen MR) is 57.7 cm³/mol. The van der Waals surface area contributed by atoms with Crippen LogP contribution < -0.4 is 11.1 Å². The Kier molecular flexibility index (Phi) is 5.24. The molecule has 0 unspecified atom stereocenters. The Balaban J connectivity index is 2.43. The Labute approximate surface area is 93.4 Å². The van der Waals surface area contributed by atoms with E-state index >= 15 is 0 Å². The number of amides is 1. The van der Waals surface area contributed by atoms with Gasteiger partial charge < -0.3 is 20.3 Å². The van der Waals surface area contributed by atoms with Crippen LogP contribution in [0.5, 0.6) is 0 Å². The van der Waals surface area contributed by atoms with Gasteiger partial charge in [-0.15, -0.1) is 0 Å². The molecule has 3 N–H and O–H groups in total. The number of nitrogens with zero attached hydrogens (tertiary/aromatic N) is 1. The Morgan fingerprint density at radius 1 is 1.69 bits per heavy atom. The predicted octanol–water partition coefficient (Wildman–Crippen LogP) is 0.0657. The van der Waals surface area contributed by atoms with Crippen LogP contribution in [0.3, 0.4) is 0 Å². The first-order valence-corrected chi connectivity index (χ1v) is 4.85. The number of ether oxygens (including phenoxy) is 1. The van der Waals surface area contributed by atoms with Gasteiger partial charge in [0.05, 0.1) is 0 Å². The zero-order valence-corrected chi connectivity index (χ0v) is 9.10. The van der Waals surface area contributed by atoms with Crippen molar-refractivity contribution in [2.45, 2.75) is 6.61 Å². The van der Waals surface area contributed by atoms with Crippen molar-refractivity contribution < 1.29 is 14.1 Å². The maximum absolute atomic E-state index is 11.5. The van der Waals surface area contributed by atoms with Crippen molar-refractivity contribution in [3.8, 4) is 0 Å². The lowest BCUT2D eigenvalue weighted by atomic mass is 10.3. The lowest BCUT2D eigenvalue weighted by Gasteiger charge is -1.96. The third-order valence-corrected chi connectivity index (χ3v) is 1.76. The lowest BCUT2D eigenvalue weighted by molar-refractivity contribution is 0.0948. The molecular weight excluding hydrogens is 210 g/mol. The molecule has 1 rings (SSSR count). The van der Waals surface area contributed by atoms with Crippen LogP contribution in [0.4, 0.5) is 0 Å². The molecule has 88 valence electrons. The van der Waals surface area contributed by atoms with E-state index in [4.69, 9.17) is 15.0 Å². The molecule has 0 saturated heterocycles. The van der Waals surface area contributed by atoms with Crippen molar-refractivity contribution in [2.75, 3.05) is 20.2 Å². The second-order valence-electron chi connectivity index (χ2n) is 3.03. The summed E-state index contributed by atoms with van der Waals surface area (Å²) in [6, 6.07) is 1.55. The van der Waals surface area contributed by atoms with Crippen LogP contribution in [0.15, 0.2) is 22.7 Å². The fourth-order valence-corrected chi connectivity index (χ4v) is 1.05. The smallest absolute Gasteiger partial charge is 0.273 e. The van der Waals surface area contributed by atoms with Crippen LogP contribution in [0.1, 0.15) is 16.2 Å². The number of hydrogen-bond acceptors (Lipinski definition) is 5. The highest BCUT2D eigenvalue weighted by Crippen LogP contribution is 2.04. The highest BCUT2D eigenvalue weighted by molar-refractivity contribution is 5.92. The van der Waals surface area contributed by atoms with Gasteiger partial charge in [0.1, 0.15) is 6.61 Å². The molecule has 0 aromatic carbocycles. The summed E-state index contributed by atoms with van der Waals surface area (Å²) in [5, 5.41) is 6.26. The van der Waals surface area contributed by atoms with Gasteiger partial charge in [0.15, 0.2) is 11.5 Å². The van der Waals surface area contributed by atoms with E-state index < -0.39 is 0 Å². The third-order valence-electron chi connectivity index (χ3n) is 1.76. The Hall–Kier alpha value is -1.66. The molecule has 0 atom stereocenters. The normalized spacial score (nSPS) is 10.9. The molecule has 0 spiro atoms. The number of rotatable bonds is 6. The quantitative estimate of drug-likeness (QED) is 0.668. The summed E-state index contributed by atoms with van der Waals surface area (Å²) in [7, 11) is 1.54. The molecule has 1 heterocycles. The molecule has 0 aliphatic rings. The average Bonchev–Trinajstić information content (AvgIpc) is 2.73. The molecule has 6 heteroatoms. The van der Waals surface area contributed by atoms with E-state index in [2.05, 4.69) is 10.5 Å². The van der Waals surface area contributed by atoms with E-state index in [1.807, 2.05) is 0 Å². The molecule has 0 aliphatic carbocycles. The molecule has 0 aliphatic heterocycles. The molecule has 6 nitrogen and oxygen atoms in total. The van der Waals surface area contributed by atoms with Gasteiger partial charge in [-0.25, -0.2) is 0 Å².